The number of aromatic nitrogens is 4. The summed E-state index contributed by atoms with van der Waals surface area (Å²) in [4.78, 5) is 16.5. The number of carbonyl (C=O) groups is 1. The highest BCUT2D eigenvalue weighted by molar-refractivity contribution is 7.90. The Morgan fingerprint density at radius 2 is 1.80 bits per heavy atom. The second-order valence-corrected chi connectivity index (χ2v) is 8.32. The van der Waals surface area contributed by atoms with Gasteiger partial charge in [0, 0.05) is 44.5 Å². The van der Waals surface area contributed by atoms with Gasteiger partial charge in [-0.3, -0.25) is 9.69 Å². The van der Waals surface area contributed by atoms with Crippen LogP contribution in [0.15, 0.2) is 30.6 Å². The highest BCUT2D eigenvalue weighted by Crippen LogP contribution is 2.12. The van der Waals surface area contributed by atoms with E-state index < -0.39 is 9.84 Å². The fraction of sp³-hybridized carbons (Fsp3) is 0.467. The summed E-state index contributed by atoms with van der Waals surface area (Å²) < 4.78 is 24.0. The lowest BCUT2D eigenvalue weighted by atomic mass is 10.1. The first-order chi connectivity index (χ1) is 11.9. The van der Waals surface area contributed by atoms with Crippen LogP contribution in [0.25, 0.3) is 5.69 Å². The molecule has 0 spiro atoms. The van der Waals surface area contributed by atoms with Crippen LogP contribution in [0.5, 0.6) is 0 Å². The van der Waals surface area contributed by atoms with Crippen LogP contribution < -0.4 is 0 Å². The Bertz CT molecular complexity index is 811. The van der Waals surface area contributed by atoms with Gasteiger partial charge in [-0.2, -0.15) is 0 Å². The topological polar surface area (TPSA) is 101 Å². The molecule has 0 unspecified atom stereocenters. The van der Waals surface area contributed by atoms with Gasteiger partial charge in [-0.1, -0.05) is 0 Å². The Hall–Kier alpha value is -2.33. The zero-order chi connectivity index (χ0) is 17.9. The lowest BCUT2D eigenvalue weighted by Gasteiger charge is -2.34. The number of rotatable bonds is 5. The summed E-state index contributed by atoms with van der Waals surface area (Å²) in [5, 5.41) is 11.0. The molecular formula is C15H20N6O3S. The van der Waals surface area contributed by atoms with Gasteiger partial charge in [0.05, 0.1) is 11.4 Å². The summed E-state index contributed by atoms with van der Waals surface area (Å²) in [6.07, 6.45) is 2.73. The van der Waals surface area contributed by atoms with Crippen LogP contribution in [0.3, 0.4) is 0 Å². The molecule has 1 aromatic carbocycles. The van der Waals surface area contributed by atoms with Gasteiger partial charge in [-0.25, -0.2) is 13.1 Å². The molecule has 0 radical (unpaired) electrons. The fourth-order valence-corrected chi connectivity index (χ4v) is 3.28. The van der Waals surface area contributed by atoms with Crippen molar-refractivity contribution in [3.05, 3.63) is 36.2 Å². The van der Waals surface area contributed by atoms with Crippen molar-refractivity contribution in [3.63, 3.8) is 0 Å². The van der Waals surface area contributed by atoms with Gasteiger partial charge < -0.3 is 4.90 Å². The number of nitrogens with zero attached hydrogens (tertiary/aromatic N) is 6. The number of piperazine rings is 1. The largest absolute Gasteiger partial charge is 0.336 e. The quantitative estimate of drug-likeness (QED) is 0.702. The molecule has 1 aromatic heterocycles. The van der Waals surface area contributed by atoms with Gasteiger partial charge >= 0.3 is 0 Å². The van der Waals surface area contributed by atoms with Gasteiger partial charge in [0.2, 0.25) is 0 Å². The Morgan fingerprint density at radius 1 is 1.12 bits per heavy atom. The highest BCUT2D eigenvalue weighted by atomic mass is 32.2. The van der Waals surface area contributed by atoms with Crippen LogP contribution >= 0.6 is 0 Å². The molecule has 1 fully saturated rings. The summed E-state index contributed by atoms with van der Waals surface area (Å²) in [7, 11) is -2.96. The summed E-state index contributed by atoms with van der Waals surface area (Å²) in [6.45, 7) is 3.07. The third kappa shape index (κ3) is 4.60. The molecule has 25 heavy (non-hydrogen) atoms. The maximum Gasteiger partial charge on any atom is 0.253 e. The van der Waals surface area contributed by atoms with E-state index in [2.05, 4.69) is 20.4 Å². The third-order valence-electron chi connectivity index (χ3n) is 4.17. The maximum absolute atomic E-state index is 12.6. The molecule has 0 saturated carbocycles. The van der Waals surface area contributed by atoms with Crippen molar-refractivity contribution in [3.8, 4) is 5.69 Å². The van der Waals surface area contributed by atoms with E-state index in [9.17, 15) is 13.2 Å². The van der Waals surface area contributed by atoms with E-state index in [1.54, 1.807) is 29.2 Å². The Balaban J connectivity index is 1.56. The third-order valence-corrected chi connectivity index (χ3v) is 5.09. The predicted molar refractivity (Wildman–Crippen MR) is 91.2 cm³/mol. The highest BCUT2D eigenvalue weighted by Gasteiger charge is 2.22. The minimum absolute atomic E-state index is 0.0222. The predicted octanol–water partition coefficient (Wildman–Crippen LogP) is -0.535. The van der Waals surface area contributed by atoms with Crippen LogP contribution in [0, 0.1) is 0 Å². The first-order valence-electron chi connectivity index (χ1n) is 7.95. The van der Waals surface area contributed by atoms with Crippen molar-refractivity contribution in [1.29, 1.82) is 0 Å². The van der Waals surface area contributed by atoms with Crippen LogP contribution in [-0.4, -0.2) is 89.1 Å². The molecule has 1 aliphatic rings. The van der Waals surface area contributed by atoms with E-state index in [0.29, 0.717) is 38.3 Å². The lowest BCUT2D eigenvalue weighted by molar-refractivity contribution is 0.0644. The van der Waals surface area contributed by atoms with E-state index in [1.807, 2.05) is 0 Å². The molecule has 0 atom stereocenters. The molecule has 2 aromatic rings. The van der Waals surface area contributed by atoms with E-state index in [1.165, 1.54) is 17.3 Å². The molecule has 1 aliphatic heterocycles. The van der Waals surface area contributed by atoms with Gasteiger partial charge in [0.1, 0.15) is 16.2 Å². The van der Waals surface area contributed by atoms with Gasteiger partial charge in [-0.05, 0) is 34.7 Å². The Morgan fingerprint density at radius 3 is 2.36 bits per heavy atom. The number of benzene rings is 1. The van der Waals surface area contributed by atoms with E-state index >= 15 is 0 Å². The zero-order valence-corrected chi connectivity index (χ0v) is 14.8. The molecule has 10 heteroatoms. The van der Waals surface area contributed by atoms with Crippen molar-refractivity contribution in [1.82, 2.24) is 30.0 Å². The van der Waals surface area contributed by atoms with Crippen LogP contribution in [0.4, 0.5) is 0 Å². The monoisotopic (exact) mass is 364 g/mol. The molecule has 1 saturated heterocycles. The molecule has 0 N–H and O–H groups in total. The van der Waals surface area contributed by atoms with Crippen LogP contribution in [0.2, 0.25) is 0 Å². The molecule has 3 rings (SSSR count). The van der Waals surface area contributed by atoms with Crippen molar-refractivity contribution in [2.75, 3.05) is 44.7 Å². The second-order valence-electron chi connectivity index (χ2n) is 6.06. The van der Waals surface area contributed by atoms with Crippen molar-refractivity contribution >= 4 is 15.7 Å². The first kappa shape index (κ1) is 17.5. The van der Waals surface area contributed by atoms with Crippen molar-refractivity contribution in [2.24, 2.45) is 0 Å². The fourth-order valence-electron chi connectivity index (χ4n) is 2.69. The van der Waals surface area contributed by atoms with Gasteiger partial charge in [0.15, 0.2) is 0 Å². The Kier molecular flexibility index (Phi) is 5.09. The van der Waals surface area contributed by atoms with Crippen LogP contribution in [-0.2, 0) is 9.84 Å². The molecule has 9 nitrogen and oxygen atoms in total. The SMILES string of the molecule is CS(=O)(=O)CCN1CCN(C(=O)c2ccc(-n3cnnn3)cc2)CC1. The average molecular weight is 364 g/mol. The number of amides is 1. The molecule has 1 amide bonds. The number of sulfone groups is 1. The number of hydrogen-bond donors (Lipinski definition) is 0. The number of tetrazole rings is 1. The molecule has 134 valence electrons. The summed E-state index contributed by atoms with van der Waals surface area (Å²) in [5.74, 6) is 0.130. The van der Waals surface area contributed by atoms with E-state index in [4.69, 9.17) is 0 Å². The first-order valence-corrected chi connectivity index (χ1v) is 10.0. The summed E-state index contributed by atoms with van der Waals surface area (Å²) >= 11 is 0. The van der Waals surface area contributed by atoms with Crippen LogP contribution in [0.1, 0.15) is 10.4 Å². The average Bonchev–Trinajstić information content (AvgIpc) is 3.14. The second kappa shape index (κ2) is 7.28. The van der Waals surface area contributed by atoms with Crippen molar-refractivity contribution in [2.45, 2.75) is 0 Å². The van der Waals surface area contributed by atoms with Crippen molar-refractivity contribution < 1.29 is 13.2 Å². The maximum atomic E-state index is 12.6. The molecule has 0 aliphatic carbocycles. The zero-order valence-electron chi connectivity index (χ0n) is 13.9. The molecular weight excluding hydrogens is 344 g/mol. The Labute approximate surface area is 146 Å². The summed E-state index contributed by atoms with van der Waals surface area (Å²) in [5.41, 5.74) is 1.40. The van der Waals surface area contributed by atoms with E-state index in [-0.39, 0.29) is 11.7 Å². The summed E-state index contributed by atoms with van der Waals surface area (Å²) in [6, 6.07) is 7.11. The minimum Gasteiger partial charge on any atom is -0.336 e. The normalized spacial score (nSPS) is 16.1. The van der Waals surface area contributed by atoms with Gasteiger partial charge in [0.25, 0.3) is 5.91 Å². The smallest absolute Gasteiger partial charge is 0.253 e. The van der Waals surface area contributed by atoms with Gasteiger partial charge in [-0.15, -0.1) is 5.10 Å². The standard InChI is InChI=1S/C15H20N6O3S/c1-25(23,24)11-10-19-6-8-20(9-7-19)15(22)13-2-4-14(5-3-13)21-12-16-17-18-21/h2-5,12H,6-11H2,1H3. The number of carbonyl (C=O) groups excluding carboxylic acids is 1. The molecule has 0 bridgehead atoms. The van der Waals surface area contributed by atoms with E-state index in [0.717, 1.165) is 5.69 Å². The molecule has 2 heterocycles. The minimum atomic E-state index is -2.96. The number of hydrogen-bond acceptors (Lipinski definition) is 7. The lowest BCUT2D eigenvalue weighted by Crippen LogP contribution is -2.49.